The van der Waals surface area contributed by atoms with Crippen LogP contribution in [-0.2, 0) is 21.2 Å². The number of aromatic nitrogens is 1. The van der Waals surface area contributed by atoms with Crippen LogP contribution in [0.2, 0.25) is 0 Å². The maximum atomic E-state index is 12.4. The van der Waals surface area contributed by atoms with Gasteiger partial charge in [-0.3, -0.25) is 9.59 Å². The van der Waals surface area contributed by atoms with Crippen LogP contribution in [0.1, 0.15) is 15.4 Å². The van der Waals surface area contributed by atoms with E-state index < -0.39 is 15.9 Å². The molecule has 9 heteroatoms. The zero-order chi connectivity index (χ0) is 21.7. The van der Waals surface area contributed by atoms with Crippen LogP contribution in [0.3, 0.4) is 0 Å². The van der Waals surface area contributed by atoms with Crippen molar-refractivity contribution < 1.29 is 18.0 Å². The Morgan fingerprint density at radius 1 is 1.07 bits per heavy atom. The fourth-order valence-corrected chi connectivity index (χ4v) is 4.43. The number of sulfonamides is 1. The predicted molar refractivity (Wildman–Crippen MR) is 116 cm³/mol. The first-order valence-corrected chi connectivity index (χ1v) is 11.4. The molecule has 0 saturated heterocycles. The monoisotopic (exact) mass is 443 g/mol. The van der Waals surface area contributed by atoms with Crippen LogP contribution < -0.4 is 5.32 Å². The van der Waals surface area contributed by atoms with Gasteiger partial charge in [0, 0.05) is 30.6 Å². The minimum atomic E-state index is -3.65. The largest absolute Gasteiger partial charge is 0.345 e. The molecule has 1 N–H and O–H groups in total. The van der Waals surface area contributed by atoms with Gasteiger partial charge in [-0.25, -0.2) is 17.7 Å². The Morgan fingerprint density at radius 3 is 2.50 bits per heavy atom. The number of hydrogen-bond acceptors (Lipinski definition) is 6. The molecule has 0 saturated carbocycles. The first kappa shape index (κ1) is 21.8. The summed E-state index contributed by atoms with van der Waals surface area (Å²) in [5, 5.41) is 5.11. The number of hydrogen-bond donors (Lipinski definition) is 1. The highest BCUT2D eigenvalue weighted by atomic mass is 32.2. The Morgan fingerprint density at radius 2 is 1.80 bits per heavy atom. The van der Waals surface area contributed by atoms with Crippen molar-refractivity contribution in [2.45, 2.75) is 11.3 Å². The van der Waals surface area contributed by atoms with Gasteiger partial charge in [0.1, 0.15) is 5.01 Å². The van der Waals surface area contributed by atoms with Gasteiger partial charge in [-0.1, -0.05) is 36.4 Å². The molecule has 7 nitrogen and oxygen atoms in total. The number of nitrogens with zero attached hydrogens (tertiary/aromatic N) is 2. The molecule has 0 aliphatic heterocycles. The van der Waals surface area contributed by atoms with Crippen LogP contribution in [-0.4, -0.2) is 50.0 Å². The molecule has 3 rings (SSSR count). The van der Waals surface area contributed by atoms with Crippen molar-refractivity contribution in [2.75, 3.05) is 20.6 Å². The van der Waals surface area contributed by atoms with Crippen LogP contribution in [0.15, 0.2) is 64.9 Å². The average molecular weight is 444 g/mol. The predicted octanol–water partition coefficient (Wildman–Crippen LogP) is 2.60. The minimum Gasteiger partial charge on any atom is -0.345 e. The fourth-order valence-electron chi connectivity index (χ4n) is 2.65. The first-order valence-electron chi connectivity index (χ1n) is 9.09. The normalized spacial score (nSPS) is 11.4. The quantitative estimate of drug-likeness (QED) is 0.577. The number of amides is 1. The van der Waals surface area contributed by atoms with Crippen molar-refractivity contribution in [3.63, 3.8) is 0 Å². The summed E-state index contributed by atoms with van der Waals surface area (Å²) >= 11 is 1.39. The van der Waals surface area contributed by atoms with Crippen molar-refractivity contribution in [3.05, 3.63) is 70.5 Å². The molecule has 1 amide bonds. The Kier molecular flexibility index (Phi) is 6.76. The summed E-state index contributed by atoms with van der Waals surface area (Å²) in [6, 6.07) is 15.4. The lowest BCUT2D eigenvalue weighted by molar-refractivity contribution is -0.117. The Balaban J connectivity index is 1.59. The molecule has 0 spiro atoms. The van der Waals surface area contributed by atoms with Crippen molar-refractivity contribution in [2.24, 2.45) is 0 Å². The zero-order valence-corrected chi connectivity index (χ0v) is 18.2. The van der Waals surface area contributed by atoms with Crippen LogP contribution in [0.5, 0.6) is 0 Å². The summed E-state index contributed by atoms with van der Waals surface area (Å²) < 4.78 is 25.5. The van der Waals surface area contributed by atoms with Gasteiger partial charge in [0.15, 0.2) is 5.78 Å². The van der Waals surface area contributed by atoms with Gasteiger partial charge >= 0.3 is 0 Å². The Labute approximate surface area is 179 Å². The number of benzene rings is 2. The molecule has 156 valence electrons. The van der Waals surface area contributed by atoms with Crippen molar-refractivity contribution in [1.29, 1.82) is 0 Å². The van der Waals surface area contributed by atoms with E-state index in [1.54, 1.807) is 0 Å². The number of thiazole rings is 1. The second kappa shape index (κ2) is 9.29. The highest BCUT2D eigenvalue weighted by Gasteiger charge is 2.19. The van der Waals surface area contributed by atoms with Crippen molar-refractivity contribution >= 4 is 33.1 Å². The third-order valence-corrected chi connectivity index (χ3v) is 6.95. The number of Topliss-reactive ketones (excluding diaryl/α,β-unsaturated/α-hetero) is 1. The molecule has 0 aliphatic rings. The maximum absolute atomic E-state index is 12.4. The molecule has 2 aromatic carbocycles. The first-order chi connectivity index (χ1) is 14.3. The molecule has 0 unspecified atom stereocenters. The Bertz CT molecular complexity index is 1160. The van der Waals surface area contributed by atoms with Gasteiger partial charge in [-0.05, 0) is 18.2 Å². The molecular formula is C21H21N3O4S2. The molecule has 0 fully saturated rings. The highest BCUT2D eigenvalue weighted by Crippen LogP contribution is 2.21. The number of rotatable bonds is 8. The highest BCUT2D eigenvalue weighted by molar-refractivity contribution is 7.89. The van der Waals surface area contributed by atoms with E-state index >= 15 is 0 Å². The van der Waals surface area contributed by atoms with E-state index in [1.807, 2.05) is 35.7 Å². The molecule has 0 aliphatic carbocycles. The van der Waals surface area contributed by atoms with Gasteiger partial charge in [-0.2, -0.15) is 0 Å². The van der Waals surface area contributed by atoms with Crippen LogP contribution in [0.25, 0.3) is 11.3 Å². The average Bonchev–Trinajstić information content (AvgIpc) is 3.21. The van der Waals surface area contributed by atoms with Gasteiger partial charge in [0.05, 0.1) is 23.6 Å². The lowest BCUT2D eigenvalue weighted by Gasteiger charge is -2.12. The van der Waals surface area contributed by atoms with E-state index in [0.29, 0.717) is 5.01 Å². The fraction of sp³-hybridized carbons (Fsp3) is 0.190. The van der Waals surface area contributed by atoms with E-state index in [9.17, 15) is 18.0 Å². The van der Waals surface area contributed by atoms with Crippen molar-refractivity contribution in [3.8, 4) is 11.3 Å². The maximum Gasteiger partial charge on any atom is 0.251 e. The molecule has 3 aromatic rings. The zero-order valence-electron chi connectivity index (χ0n) is 16.5. The summed E-state index contributed by atoms with van der Waals surface area (Å²) in [5.41, 5.74) is 1.96. The summed E-state index contributed by atoms with van der Waals surface area (Å²) in [5.74, 6) is -0.697. The summed E-state index contributed by atoms with van der Waals surface area (Å²) in [4.78, 5) is 29.1. The summed E-state index contributed by atoms with van der Waals surface area (Å²) in [6.45, 7) is -0.163. The second-order valence-corrected chi connectivity index (χ2v) is 9.80. The smallest absolute Gasteiger partial charge is 0.251 e. The van der Waals surface area contributed by atoms with Crippen LogP contribution in [0.4, 0.5) is 0 Å². The second-order valence-electron chi connectivity index (χ2n) is 6.71. The van der Waals surface area contributed by atoms with E-state index in [2.05, 4.69) is 10.3 Å². The molecule has 1 heterocycles. The number of ketones is 1. The van der Waals surface area contributed by atoms with Gasteiger partial charge in [-0.15, -0.1) is 11.3 Å². The van der Waals surface area contributed by atoms with E-state index in [4.69, 9.17) is 0 Å². The Hall–Kier alpha value is -2.88. The summed E-state index contributed by atoms with van der Waals surface area (Å²) in [6.07, 6.45) is 0.118. The van der Waals surface area contributed by atoms with E-state index in [-0.39, 0.29) is 29.2 Å². The van der Waals surface area contributed by atoms with Gasteiger partial charge in [0.2, 0.25) is 10.0 Å². The molecular weight excluding hydrogens is 422 g/mol. The van der Waals surface area contributed by atoms with Gasteiger partial charge < -0.3 is 5.32 Å². The SMILES string of the molecule is CN(C)S(=O)(=O)c1cccc(C(=O)NCC(=O)Cc2nc(-c3ccccc3)cs2)c1. The third-order valence-electron chi connectivity index (χ3n) is 4.29. The van der Waals surface area contributed by atoms with Gasteiger partial charge in [0.25, 0.3) is 5.91 Å². The minimum absolute atomic E-state index is 0.0164. The lowest BCUT2D eigenvalue weighted by Crippen LogP contribution is -2.30. The molecule has 1 aromatic heterocycles. The number of nitrogens with one attached hydrogen (secondary N) is 1. The van der Waals surface area contributed by atoms with Crippen LogP contribution in [0, 0.1) is 0 Å². The van der Waals surface area contributed by atoms with E-state index in [1.165, 1.54) is 49.7 Å². The lowest BCUT2D eigenvalue weighted by atomic mass is 10.2. The molecule has 30 heavy (non-hydrogen) atoms. The van der Waals surface area contributed by atoms with Crippen molar-refractivity contribution in [1.82, 2.24) is 14.6 Å². The molecule has 0 radical (unpaired) electrons. The topological polar surface area (TPSA) is 96.4 Å². The number of carbonyl (C=O) groups excluding carboxylic acids is 2. The molecule has 0 atom stereocenters. The van der Waals surface area contributed by atoms with Crippen LogP contribution >= 0.6 is 11.3 Å². The molecule has 0 bridgehead atoms. The third kappa shape index (κ3) is 5.18. The summed E-state index contributed by atoms with van der Waals surface area (Å²) in [7, 11) is -0.808. The van der Waals surface area contributed by atoms with E-state index in [0.717, 1.165) is 15.6 Å². The number of carbonyl (C=O) groups is 2. The standard InChI is InChI=1S/C21H21N3O4S2/c1-24(2)30(27,28)18-10-6-9-16(11-18)21(26)22-13-17(25)12-20-23-19(14-29-20)15-7-4-3-5-8-15/h3-11,14H,12-13H2,1-2H3,(H,22,26).